The van der Waals surface area contributed by atoms with Gasteiger partial charge in [0.2, 0.25) is 0 Å². The molecule has 4 nitrogen and oxygen atoms in total. The van der Waals surface area contributed by atoms with Crippen molar-refractivity contribution in [1.29, 1.82) is 0 Å². The van der Waals surface area contributed by atoms with E-state index in [9.17, 15) is 0 Å². The van der Waals surface area contributed by atoms with Gasteiger partial charge in [-0.25, -0.2) is 0 Å². The summed E-state index contributed by atoms with van der Waals surface area (Å²) in [4.78, 5) is 5.14. The van der Waals surface area contributed by atoms with Crippen LogP contribution in [0.5, 0.6) is 5.75 Å². The van der Waals surface area contributed by atoms with Crippen molar-refractivity contribution in [2.75, 3.05) is 38.7 Å². The molecule has 2 saturated heterocycles. The van der Waals surface area contributed by atoms with Crippen molar-refractivity contribution in [3.8, 4) is 5.75 Å². The third-order valence-corrected chi connectivity index (χ3v) is 11.2. The molecule has 6 heteroatoms. The van der Waals surface area contributed by atoms with Crippen LogP contribution in [0.2, 0.25) is 5.02 Å². The molecule has 0 amide bonds. The molecule has 0 radical (unpaired) electrons. The molecule has 2 heterocycles. The number of hydrogen-bond donors (Lipinski definition) is 0. The van der Waals surface area contributed by atoms with Gasteiger partial charge in [-0.2, -0.15) is 0 Å². The lowest BCUT2D eigenvalue weighted by atomic mass is 9.75. The van der Waals surface area contributed by atoms with Gasteiger partial charge in [-0.05, 0) is 65.4 Å². The monoisotopic (exact) mass is 674 g/mol. The fraction of sp³-hybridized carbons (Fsp3) is 0.286. The van der Waals surface area contributed by atoms with Gasteiger partial charge in [0.1, 0.15) is 12.4 Å². The summed E-state index contributed by atoms with van der Waals surface area (Å²) in [7, 11) is 0. The number of nitrogens with zero attached hydrogens (tertiary/aromatic N) is 2. The Morgan fingerprint density at radius 3 is 2.02 bits per heavy atom. The third-order valence-electron chi connectivity index (χ3n) is 9.76. The summed E-state index contributed by atoms with van der Waals surface area (Å²) in [5, 5.41) is 1.23. The number of benzene rings is 5. The Balaban J connectivity index is 1.00. The summed E-state index contributed by atoms with van der Waals surface area (Å²) in [6.45, 7) is 6.30. The lowest BCUT2D eigenvalue weighted by molar-refractivity contribution is -0.0478. The van der Waals surface area contributed by atoms with E-state index in [0.29, 0.717) is 18.5 Å². The van der Waals surface area contributed by atoms with E-state index >= 15 is 0 Å². The van der Waals surface area contributed by atoms with Crippen LogP contribution in [0.25, 0.3) is 0 Å². The molecule has 0 saturated carbocycles. The number of rotatable bonds is 11. The van der Waals surface area contributed by atoms with Gasteiger partial charge in [0.25, 0.3) is 0 Å². The van der Waals surface area contributed by atoms with Crippen LogP contribution in [0.1, 0.15) is 40.8 Å². The topological polar surface area (TPSA) is 24.9 Å². The first-order chi connectivity index (χ1) is 23.6. The summed E-state index contributed by atoms with van der Waals surface area (Å²) in [6, 6.07) is 50.1. The van der Waals surface area contributed by atoms with E-state index in [2.05, 4.69) is 150 Å². The molecule has 0 aliphatic carbocycles. The van der Waals surface area contributed by atoms with Gasteiger partial charge >= 0.3 is 0 Å². The number of ether oxygens (including phenoxy) is 2. The highest BCUT2D eigenvalue weighted by molar-refractivity contribution is 8.00. The minimum Gasteiger partial charge on any atom is -0.492 e. The molecule has 2 aliphatic rings. The fourth-order valence-electron chi connectivity index (χ4n) is 7.27. The molecule has 5 aromatic rings. The molecule has 0 aromatic heterocycles. The Kier molecular flexibility index (Phi) is 10.5. The normalized spacial score (nSPS) is 19.6. The Hall–Kier alpha value is -3.58. The van der Waals surface area contributed by atoms with Crippen LogP contribution >= 0.6 is 23.4 Å². The first-order valence-corrected chi connectivity index (χ1v) is 18.4. The highest BCUT2D eigenvalue weighted by Crippen LogP contribution is 2.46. The molecule has 1 unspecified atom stereocenters. The maximum Gasteiger partial charge on any atom is 0.119 e. The maximum absolute atomic E-state index is 6.30. The molecule has 0 spiro atoms. The summed E-state index contributed by atoms with van der Waals surface area (Å²) in [6.07, 6.45) is 1.05. The van der Waals surface area contributed by atoms with E-state index in [0.717, 1.165) is 48.3 Å². The summed E-state index contributed by atoms with van der Waals surface area (Å²) in [5.74, 6) is 1.88. The number of hydrogen-bond acceptors (Lipinski definition) is 5. The average Bonchev–Trinajstić information content (AvgIpc) is 3.61. The lowest BCUT2D eigenvalue weighted by Gasteiger charge is -2.43. The summed E-state index contributed by atoms with van der Waals surface area (Å²) >= 11 is 8.30. The van der Waals surface area contributed by atoms with Gasteiger partial charge in [0.15, 0.2) is 0 Å². The Bertz CT molecular complexity index is 1640. The van der Waals surface area contributed by atoms with Gasteiger partial charge in [-0.15, -0.1) is 11.8 Å². The minimum absolute atomic E-state index is 0.0294. The molecular formula is C42H43ClN2O2S. The summed E-state index contributed by atoms with van der Waals surface area (Å²) < 4.78 is 12.4. The van der Waals surface area contributed by atoms with Crippen molar-refractivity contribution in [3.63, 3.8) is 0 Å². The Labute approximate surface area is 294 Å². The standard InChI is InChI=1S/C42H43ClN2O2S/c1-32(44-24-25-46-41(29-44)34-12-11-19-38(43)27-34)30-47-39-22-20-33(21-23-39)26-40-28-45(31-48-40)42(35-13-5-2-6-14-35,36-15-7-3-8-16-36)37-17-9-4-10-18-37/h2-23,27,32,40-41H,24-26,28-31H2,1H3/t32-,40?,41+/m1/s1. The zero-order chi connectivity index (χ0) is 32.8. The summed E-state index contributed by atoms with van der Waals surface area (Å²) in [5.41, 5.74) is 6.01. The molecule has 0 bridgehead atoms. The van der Waals surface area contributed by atoms with Gasteiger partial charge in [-0.3, -0.25) is 9.80 Å². The smallest absolute Gasteiger partial charge is 0.119 e. The SMILES string of the molecule is C[C@H](COc1ccc(CC2CN(C(c3ccccc3)(c3ccccc3)c3ccccc3)CS2)cc1)N1CCO[C@H](c2cccc(Cl)c2)C1. The second-order valence-corrected chi connectivity index (χ2v) is 14.6. The molecule has 3 atom stereocenters. The lowest BCUT2D eigenvalue weighted by Crippen LogP contribution is -2.47. The molecule has 48 heavy (non-hydrogen) atoms. The van der Waals surface area contributed by atoms with Gasteiger partial charge in [0, 0.05) is 41.8 Å². The van der Waals surface area contributed by atoms with Crippen molar-refractivity contribution in [3.05, 3.63) is 172 Å². The van der Waals surface area contributed by atoms with Crippen molar-refractivity contribution in [2.45, 2.75) is 36.3 Å². The van der Waals surface area contributed by atoms with E-state index in [-0.39, 0.29) is 17.7 Å². The highest BCUT2D eigenvalue weighted by Gasteiger charge is 2.45. The predicted octanol–water partition coefficient (Wildman–Crippen LogP) is 9.09. The van der Waals surface area contributed by atoms with E-state index in [1.54, 1.807) is 0 Å². The van der Waals surface area contributed by atoms with Crippen LogP contribution in [0.4, 0.5) is 0 Å². The van der Waals surface area contributed by atoms with Crippen molar-refractivity contribution in [1.82, 2.24) is 9.80 Å². The second-order valence-electron chi connectivity index (χ2n) is 12.9. The zero-order valence-corrected chi connectivity index (χ0v) is 29.0. The van der Waals surface area contributed by atoms with Gasteiger partial charge in [0.05, 0.1) is 18.2 Å². The molecule has 246 valence electrons. The highest BCUT2D eigenvalue weighted by atomic mass is 35.5. The maximum atomic E-state index is 6.30. The number of thioether (sulfide) groups is 1. The van der Waals surface area contributed by atoms with Crippen LogP contribution in [0.15, 0.2) is 140 Å². The van der Waals surface area contributed by atoms with Crippen LogP contribution in [0, 0.1) is 0 Å². The third kappa shape index (κ3) is 7.22. The van der Waals surface area contributed by atoms with Gasteiger partial charge in [-0.1, -0.05) is 127 Å². The predicted molar refractivity (Wildman–Crippen MR) is 199 cm³/mol. The minimum atomic E-state index is -0.367. The molecule has 5 aromatic carbocycles. The molecular weight excluding hydrogens is 632 g/mol. The van der Waals surface area contributed by atoms with E-state index in [4.69, 9.17) is 21.1 Å². The van der Waals surface area contributed by atoms with Crippen LogP contribution in [0.3, 0.4) is 0 Å². The first-order valence-electron chi connectivity index (χ1n) is 17.0. The van der Waals surface area contributed by atoms with Crippen molar-refractivity contribution in [2.24, 2.45) is 0 Å². The van der Waals surface area contributed by atoms with E-state index in [1.807, 2.05) is 18.2 Å². The number of halogens is 1. The average molecular weight is 675 g/mol. The number of morpholine rings is 1. The Morgan fingerprint density at radius 1 is 0.792 bits per heavy atom. The fourth-order valence-corrected chi connectivity index (χ4v) is 8.76. The second kappa shape index (κ2) is 15.3. The van der Waals surface area contributed by atoms with Crippen LogP contribution in [-0.2, 0) is 16.7 Å². The quantitative estimate of drug-likeness (QED) is 0.130. The zero-order valence-electron chi connectivity index (χ0n) is 27.5. The molecule has 0 N–H and O–H groups in total. The molecule has 2 aliphatic heterocycles. The van der Waals surface area contributed by atoms with Crippen LogP contribution < -0.4 is 4.74 Å². The largest absolute Gasteiger partial charge is 0.492 e. The van der Waals surface area contributed by atoms with Crippen molar-refractivity contribution < 1.29 is 9.47 Å². The first kappa shape index (κ1) is 32.9. The van der Waals surface area contributed by atoms with Crippen molar-refractivity contribution >= 4 is 23.4 Å². The van der Waals surface area contributed by atoms with Crippen LogP contribution in [-0.4, -0.2) is 59.8 Å². The van der Waals surface area contributed by atoms with Gasteiger partial charge < -0.3 is 9.47 Å². The molecule has 7 rings (SSSR count). The van der Waals surface area contributed by atoms with E-state index in [1.165, 1.54) is 22.3 Å². The Morgan fingerprint density at radius 2 is 1.42 bits per heavy atom. The van der Waals surface area contributed by atoms with E-state index < -0.39 is 0 Å². The molecule has 2 fully saturated rings.